The largest absolute Gasteiger partial charge is 0.335 e. The monoisotopic (exact) mass is 280 g/mol. The van der Waals surface area contributed by atoms with Crippen molar-refractivity contribution in [2.45, 2.75) is 12.8 Å². The Hall–Kier alpha value is -2.42. The summed E-state index contributed by atoms with van der Waals surface area (Å²) in [6, 6.07) is 12.0. The van der Waals surface area contributed by atoms with Gasteiger partial charge in [-0.15, -0.1) is 13.2 Å². The SMILES string of the molecule is C=CCN(CC=C)C(=O)CCc1ccc2ccccc2n1. The van der Waals surface area contributed by atoms with Gasteiger partial charge in [0.2, 0.25) is 5.91 Å². The van der Waals surface area contributed by atoms with Crippen LogP contribution in [-0.4, -0.2) is 28.9 Å². The molecular formula is C18H20N2O. The first-order chi connectivity index (χ1) is 10.2. The maximum atomic E-state index is 12.2. The molecule has 1 heterocycles. The topological polar surface area (TPSA) is 33.2 Å². The summed E-state index contributed by atoms with van der Waals surface area (Å²) >= 11 is 0. The van der Waals surface area contributed by atoms with E-state index in [4.69, 9.17) is 0 Å². The number of aryl methyl sites for hydroxylation is 1. The number of hydrogen-bond donors (Lipinski definition) is 0. The summed E-state index contributed by atoms with van der Waals surface area (Å²) in [5, 5.41) is 1.12. The summed E-state index contributed by atoms with van der Waals surface area (Å²) in [6.07, 6.45) is 4.56. The van der Waals surface area contributed by atoms with E-state index >= 15 is 0 Å². The number of rotatable bonds is 7. The molecule has 0 saturated carbocycles. The normalized spacial score (nSPS) is 10.3. The highest BCUT2D eigenvalue weighted by Gasteiger charge is 2.11. The van der Waals surface area contributed by atoms with Gasteiger partial charge in [-0.25, -0.2) is 0 Å². The molecule has 1 aromatic heterocycles. The minimum Gasteiger partial charge on any atom is -0.335 e. The lowest BCUT2D eigenvalue weighted by Gasteiger charge is -2.19. The Bertz CT molecular complexity index is 638. The van der Waals surface area contributed by atoms with Crippen LogP contribution in [0.3, 0.4) is 0 Å². The Labute approximate surface area is 125 Å². The average molecular weight is 280 g/mol. The molecule has 3 heteroatoms. The van der Waals surface area contributed by atoms with E-state index in [2.05, 4.69) is 18.1 Å². The summed E-state index contributed by atoms with van der Waals surface area (Å²) in [6.45, 7) is 8.46. The molecule has 0 spiro atoms. The number of hydrogen-bond acceptors (Lipinski definition) is 2. The van der Waals surface area contributed by atoms with E-state index < -0.39 is 0 Å². The van der Waals surface area contributed by atoms with Gasteiger partial charge in [0, 0.05) is 30.6 Å². The van der Waals surface area contributed by atoms with Crippen molar-refractivity contribution in [1.82, 2.24) is 9.88 Å². The fourth-order valence-corrected chi connectivity index (χ4v) is 2.23. The summed E-state index contributed by atoms with van der Waals surface area (Å²) in [4.78, 5) is 18.5. The van der Waals surface area contributed by atoms with Crippen LogP contribution in [0.1, 0.15) is 12.1 Å². The van der Waals surface area contributed by atoms with Crippen LogP contribution in [0.5, 0.6) is 0 Å². The molecule has 2 rings (SSSR count). The lowest BCUT2D eigenvalue weighted by atomic mass is 10.1. The van der Waals surface area contributed by atoms with E-state index in [9.17, 15) is 4.79 Å². The highest BCUT2D eigenvalue weighted by molar-refractivity contribution is 5.79. The average Bonchev–Trinajstić information content (AvgIpc) is 2.52. The molecule has 2 aromatic rings. The minimum atomic E-state index is 0.102. The van der Waals surface area contributed by atoms with Crippen molar-refractivity contribution in [3.63, 3.8) is 0 Å². The molecule has 0 bridgehead atoms. The third-order valence-corrected chi connectivity index (χ3v) is 3.30. The lowest BCUT2D eigenvalue weighted by molar-refractivity contribution is -0.130. The van der Waals surface area contributed by atoms with Crippen molar-refractivity contribution < 1.29 is 4.79 Å². The van der Waals surface area contributed by atoms with Crippen molar-refractivity contribution in [2.24, 2.45) is 0 Å². The molecule has 3 nitrogen and oxygen atoms in total. The molecule has 0 unspecified atom stereocenters. The second-order valence-corrected chi connectivity index (χ2v) is 4.87. The van der Waals surface area contributed by atoms with Gasteiger partial charge in [-0.05, 0) is 18.6 Å². The zero-order valence-electron chi connectivity index (χ0n) is 12.2. The second-order valence-electron chi connectivity index (χ2n) is 4.87. The first kappa shape index (κ1) is 15.0. The Kier molecular flexibility index (Phi) is 5.27. The van der Waals surface area contributed by atoms with Gasteiger partial charge in [-0.3, -0.25) is 9.78 Å². The molecule has 1 aromatic carbocycles. The standard InChI is InChI=1S/C18H20N2O/c1-3-13-20(14-4-2)18(21)12-11-16-10-9-15-7-5-6-8-17(15)19-16/h3-10H,1-2,11-14H2. The van der Waals surface area contributed by atoms with Gasteiger partial charge in [0.25, 0.3) is 0 Å². The molecule has 21 heavy (non-hydrogen) atoms. The maximum absolute atomic E-state index is 12.2. The molecule has 0 aliphatic rings. The smallest absolute Gasteiger partial charge is 0.223 e. The molecule has 1 amide bonds. The van der Waals surface area contributed by atoms with Crippen LogP contribution < -0.4 is 0 Å². The van der Waals surface area contributed by atoms with Crippen LogP contribution in [0.25, 0.3) is 10.9 Å². The second kappa shape index (κ2) is 7.39. The van der Waals surface area contributed by atoms with Gasteiger partial charge in [-0.1, -0.05) is 36.4 Å². The lowest BCUT2D eigenvalue weighted by Crippen LogP contribution is -2.31. The highest BCUT2D eigenvalue weighted by Crippen LogP contribution is 2.13. The molecule has 0 aliphatic carbocycles. The predicted octanol–water partition coefficient (Wildman–Crippen LogP) is 3.37. The quantitative estimate of drug-likeness (QED) is 0.729. The van der Waals surface area contributed by atoms with E-state index in [1.54, 1.807) is 17.1 Å². The number of fused-ring (bicyclic) bond motifs is 1. The first-order valence-electron chi connectivity index (χ1n) is 7.09. The number of nitrogens with zero attached hydrogens (tertiary/aromatic N) is 2. The summed E-state index contributed by atoms with van der Waals surface area (Å²) < 4.78 is 0. The van der Waals surface area contributed by atoms with Crippen LogP contribution >= 0.6 is 0 Å². The van der Waals surface area contributed by atoms with E-state index in [1.807, 2.05) is 36.4 Å². The van der Waals surface area contributed by atoms with Crippen molar-refractivity contribution >= 4 is 16.8 Å². The van der Waals surface area contributed by atoms with Crippen LogP contribution in [0.2, 0.25) is 0 Å². The van der Waals surface area contributed by atoms with Crippen LogP contribution in [0, 0.1) is 0 Å². The number of pyridine rings is 1. The molecule has 0 saturated heterocycles. The van der Waals surface area contributed by atoms with Crippen LogP contribution in [-0.2, 0) is 11.2 Å². The van der Waals surface area contributed by atoms with Gasteiger partial charge in [-0.2, -0.15) is 0 Å². The van der Waals surface area contributed by atoms with Crippen molar-refractivity contribution in [1.29, 1.82) is 0 Å². The number of aromatic nitrogens is 1. The Morgan fingerprint density at radius 2 is 1.81 bits per heavy atom. The molecule has 0 atom stereocenters. The zero-order valence-corrected chi connectivity index (χ0v) is 12.2. The third-order valence-electron chi connectivity index (χ3n) is 3.30. The molecule has 0 aliphatic heterocycles. The van der Waals surface area contributed by atoms with Gasteiger partial charge in [0.1, 0.15) is 0 Å². The minimum absolute atomic E-state index is 0.102. The molecule has 0 N–H and O–H groups in total. The van der Waals surface area contributed by atoms with Crippen LogP contribution in [0.4, 0.5) is 0 Å². The third kappa shape index (κ3) is 4.02. The Morgan fingerprint density at radius 1 is 1.10 bits per heavy atom. The van der Waals surface area contributed by atoms with E-state index in [0.29, 0.717) is 25.9 Å². The molecule has 0 radical (unpaired) electrons. The van der Waals surface area contributed by atoms with Crippen molar-refractivity contribution in [3.8, 4) is 0 Å². The number of carbonyl (C=O) groups excluding carboxylic acids is 1. The van der Waals surface area contributed by atoms with E-state index in [-0.39, 0.29) is 5.91 Å². The van der Waals surface area contributed by atoms with E-state index in [1.165, 1.54) is 0 Å². The molecule has 0 fully saturated rings. The number of amides is 1. The number of para-hydroxylation sites is 1. The number of carbonyl (C=O) groups is 1. The van der Waals surface area contributed by atoms with Crippen molar-refractivity contribution in [2.75, 3.05) is 13.1 Å². The van der Waals surface area contributed by atoms with Crippen molar-refractivity contribution in [3.05, 3.63) is 67.4 Å². The molecule has 108 valence electrons. The summed E-state index contributed by atoms with van der Waals surface area (Å²) in [7, 11) is 0. The number of benzene rings is 1. The summed E-state index contributed by atoms with van der Waals surface area (Å²) in [5.74, 6) is 0.102. The molecular weight excluding hydrogens is 260 g/mol. The highest BCUT2D eigenvalue weighted by atomic mass is 16.2. The Morgan fingerprint density at radius 3 is 2.52 bits per heavy atom. The fourth-order valence-electron chi connectivity index (χ4n) is 2.23. The zero-order chi connectivity index (χ0) is 15.1. The van der Waals surface area contributed by atoms with Gasteiger partial charge in [0.05, 0.1) is 5.52 Å². The van der Waals surface area contributed by atoms with Gasteiger partial charge >= 0.3 is 0 Å². The predicted molar refractivity (Wildman–Crippen MR) is 87.0 cm³/mol. The maximum Gasteiger partial charge on any atom is 0.223 e. The van der Waals surface area contributed by atoms with Gasteiger partial charge in [0.15, 0.2) is 0 Å². The van der Waals surface area contributed by atoms with Gasteiger partial charge < -0.3 is 4.90 Å². The Balaban J connectivity index is 2.01. The first-order valence-corrected chi connectivity index (χ1v) is 7.09. The van der Waals surface area contributed by atoms with Crippen LogP contribution in [0.15, 0.2) is 61.7 Å². The van der Waals surface area contributed by atoms with E-state index in [0.717, 1.165) is 16.6 Å². The fraction of sp³-hybridized carbons (Fsp3) is 0.222. The summed E-state index contributed by atoms with van der Waals surface area (Å²) in [5.41, 5.74) is 1.91.